The molecule has 34 heavy (non-hydrogen) atoms. The second-order valence-electron chi connectivity index (χ2n) is 8.47. The van der Waals surface area contributed by atoms with Gasteiger partial charge >= 0.3 is 0 Å². The van der Waals surface area contributed by atoms with E-state index in [0.717, 1.165) is 24.3 Å². The molecule has 0 amide bonds. The molecule has 0 aliphatic heterocycles. The summed E-state index contributed by atoms with van der Waals surface area (Å²) in [5.74, 6) is 0.780. The molecular weight excluding hydrogens is 432 g/mol. The van der Waals surface area contributed by atoms with Crippen molar-refractivity contribution in [2.24, 2.45) is 0 Å². The third kappa shape index (κ3) is 4.58. The molecule has 1 aromatic heterocycles. The van der Waals surface area contributed by atoms with Gasteiger partial charge in [0.05, 0.1) is 28.3 Å². The Bertz CT molecular complexity index is 1390. The summed E-state index contributed by atoms with van der Waals surface area (Å²) in [6, 6.07) is 18.0. The number of para-hydroxylation sites is 1. The molecular formula is C26H28N4O4. The number of methoxy groups -OCH3 is 1. The number of aromatic nitrogens is 1. The molecule has 0 fully saturated rings. The van der Waals surface area contributed by atoms with Crippen molar-refractivity contribution in [3.05, 3.63) is 86.6 Å². The molecule has 0 saturated carbocycles. The minimum absolute atomic E-state index is 0.0575. The highest BCUT2D eigenvalue weighted by Crippen LogP contribution is 2.30. The second kappa shape index (κ2) is 9.93. The number of nitro benzene ring substituents is 1. The average molecular weight is 461 g/mol. The maximum atomic E-state index is 13.6. The Morgan fingerprint density at radius 1 is 1.06 bits per heavy atom. The van der Waals surface area contributed by atoms with Crippen molar-refractivity contribution in [1.82, 2.24) is 9.47 Å². The summed E-state index contributed by atoms with van der Waals surface area (Å²) in [5.41, 5.74) is 2.53. The Morgan fingerprint density at radius 3 is 2.47 bits per heavy atom. The molecule has 3 aromatic carbocycles. The molecule has 0 saturated heterocycles. The third-order valence-corrected chi connectivity index (χ3v) is 5.92. The third-order valence-electron chi connectivity index (χ3n) is 5.92. The number of aryl methyl sites for hydroxylation is 1. The Kier molecular flexibility index (Phi) is 6.79. The number of non-ortho nitro benzene ring substituents is 1. The average Bonchev–Trinajstić information content (AvgIpc) is 2.84. The van der Waals surface area contributed by atoms with Crippen LogP contribution in [0.1, 0.15) is 12.0 Å². The normalized spacial score (nSPS) is 11.3. The van der Waals surface area contributed by atoms with E-state index >= 15 is 0 Å². The number of fused-ring (bicyclic) bond motifs is 2. The van der Waals surface area contributed by atoms with Crippen LogP contribution in [0.25, 0.3) is 21.8 Å². The van der Waals surface area contributed by atoms with Gasteiger partial charge in [-0.2, -0.15) is 0 Å². The minimum Gasteiger partial charge on any atom is -0.497 e. The summed E-state index contributed by atoms with van der Waals surface area (Å²) in [5, 5.41) is 16.1. The summed E-state index contributed by atoms with van der Waals surface area (Å²) in [6.45, 7) is 1.90. The van der Waals surface area contributed by atoms with Crippen LogP contribution in [0.2, 0.25) is 0 Å². The van der Waals surface area contributed by atoms with Gasteiger partial charge in [-0.1, -0.05) is 24.3 Å². The maximum absolute atomic E-state index is 13.6. The van der Waals surface area contributed by atoms with Crippen molar-refractivity contribution in [3.8, 4) is 5.75 Å². The van der Waals surface area contributed by atoms with Crippen LogP contribution in [0.4, 0.5) is 11.4 Å². The number of rotatable bonds is 9. The fourth-order valence-electron chi connectivity index (χ4n) is 4.27. The van der Waals surface area contributed by atoms with E-state index in [2.05, 4.69) is 10.2 Å². The fourth-order valence-corrected chi connectivity index (χ4v) is 4.27. The predicted molar refractivity (Wildman–Crippen MR) is 136 cm³/mol. The number of anilines is 1. The van der Waals surface area contributed by atoms with E-state index in [1.807, 2.05) is 61.1 Å². The quantitative estimate of drug-likeness (QED) is 0.222. The van der Waals surface area contributed by atoms with Crippen molar-refractivity contribution >= 4 is 33.2 Å². The second-order valence-corrected chi connectivity index (χ2v) is 8.47. The Labute approximate surface area is 197 Å². The van der Waals surface area contributed by atoms with Crippen molar-refractivity contribution in [3.63, 3.8) is 0 Å². The van der Waals surface area contributed by atoms with Gasteiger partial charge < -0.3 is 19.5 Å². The molecule has 0 aliphatic rings. The highest BCUT2D eigenvalue weighted by Gasteiger charge is 2.21. The Hall–Kier alpha value is -3.91. The molecule has 1 heterocycles. The van der Waals surface area contributed by atoms with Crippen molar-refractivity contribution in [1.29, 1.82) is 0 Å². The zero-order valence-corrected chi connectivity index (χ0v) is 19.6. The van der Waals surface area contributed by atoms with Gasteiger partial charge in [-0.05, 0) is 63.0 Å². The van der Waals surface area contributed by atoms with Gasteiger partial charge in [0.15, 0.2) is 5.43 Å². The first-order valence-corrected chi connectivity index (χ1v) is 11.1. The fraction of sp³-hybridized carbons (Fsp3) is 0.269. The van der Waals surface area contributed by atoms with E-state index in [9.17, 15) is 14.9 Å². The van der Waals surface area contributed by atoms with Crippen LogP contribution in [-0.4, -0.2) is 42.1 Å². The number of nitrogens with zero attached hydrogens (tertiary/aromatic N) is 3. The molecule has 0 bridgehead atoms. The molecule has 0 radical (unpaired) electrons. The van der Waals surface area contributed by atoms with Gasteiger partial charge in [-0.3, -0.25) is 14.9 Å². The summed E-state index contributed by atoms with van der Waals surface area (Å²) in [7, 11) is 5.61. The molecule has 0 unspecified atom stereocenters. The lowest BCUT2D eigenvalue weighted by Gasteiger charge is -2.18. The van der Waals surface area contributed by atoms with Crippen LogP contribution in [0.5, 0.6) is 5.75 Å². The Balaban J connectivity index is 1.86. The number of hydrogen-bond donors (Lipinski definition) is 1. The van der Waals surface area contributed by atoms with Crippen molar-refractivity contribution in [2.45, 2.75) is 19.5 Å². The van der Waals surface area contributed by atoms with Gasteiger partial charge in [0, 0.05) is 24.8 Å². The molecule has 8 heteroatoms. The molecule has 176 valence electrons. The van der Waals surface area contributed by atoms with Crippen LogP contribution in [0.3, 0.4) is 0 Å². The first-order valence-electron chi connectivity index (χ1n) is 11.1. The zero-order valence-electron chi connectivity index (χ0n) is 19.6. The summed E-state index contributed by atoms with van der Waals surface area (Å²) >= 11 is 0. The number of benzene rings is 3. The molecule has 1 N–H and O–H groups in total. The number of nitrogens with one attached hydrogen (secondary N) is 1. The molecule has 4 rings (SSSR count). The van der Waals surface area contributed by atoms with Gasteiger partial charge in [0.2, 0.25) is 0 Å². The van der Waals surface area contributed by atoms with Crippen LogP contribution < -0.4 is 15.5 Å². The summed E-state index contributed by atoms with van der Waals surface area (Å²) < 4.78 is 7.14. The topological polar surface area (TPSA) is 89.6 Å². The molecule has 0 aliphatic carbocycles. The van der Waals surface area contributed by atoms with Gasteiger partial charge in [0.1, 0.15) is 11.3 Å². The Morgan fingerprint density at radius 2 is 1.79 bits per heavy atom. The molecule has 0 atom stereocenters. The van der Waals surface area contributed by atoms with Crippen LogP contribution in [0, 0.1) is 10.1 Å². The van der Waals surface area contributed by atoms with Gasteiger partial charge in [-0.15, -0.1) is 0 Å². The molecule has 4 aromatic rings. The lowest BCUT2D eigenvalue weighted by Crippen LogP contribution is -2.18. The van der Waals surface area contributed by atoms with Crippen molar-refractivity contribution in [2.75, 3.05) is 33.1 Å². The van der Waals surface area contributed by atoms with Crippen LogP contribution in [-0.2, 0) is 13.1 Å². The van der Waals surface area contributed by atoms with Crippen molar-refractivity contribution < 1.29 is 9.66 Å². The van der Waals surface area contributed by atoms with Crippen LogP contribution >= 0.6 is 0 Å². The van der Waals surface area contributed by atoms with E-state index < -0.39 is 4.92 Å². The van der Waals surface area contributed by atoms with E-state index in [1.165, 1.54) is 6.07 Å². The lowest BCUT2D eigenvalue weighted by atomic mass is 10.1. The first kappa shape index (κ1) is 23.3. The predicted octanol–water partition coefficient (Wildman–Crippen LogP) is 4.64. The highest BCUT2D eigenvalue weighted by molar-refractivity contribution is 6.02. The lowest BCUT2D eigenvalue weighted by molar-refractivity contribution is -0.383. The van der Waals surface area contributed by atoms with E-state index in [1.54, 1.807) is 19.2 Å². The van der Waals surface area contributed by atoms with E-state index in [-0.39, 0.29) is 11.1 Å². The summed E-state index contributed by atoms with van der Waals surface area (Å²) in [6.07, 6.45) is 0.787. The monoisotopic (exact) mass is 460 g/mol. The van der Waals surface area contributed by atoms with E-state index in [4.69, 9.17) is 4.74 Å². The number of hydrogen-bond acceptors (Lipinski definition) is 6. The van der Waals surface area contributed by atoms with Crippen LogP contribution in [0.15, 0.2) is 65.5 Å². The van der Waals surface area contributed by atoms with E-state index in [0.29, 0.717) is 40.6 Å². The minimum atomic E-state index is -0.415. The number of pyridine rings is 1. The standard InChI is InChI=1S/C26H28N4O4/c1-28(2)15-6-16-29-22-9-5-8-21(27-17-18-11-13-19(34-3)14-12-18)24(22)26(31)20-7-4-10-23(25(20)29)30(32)33/h4-5,7-14,27H,6,15-17H2,1-3H3. The van der Waals surface area contributed by atoms with Gasteiger partial charge in [0.25, 0.3) is 5.69 Å². The SMILES string of the molecule is COc1ccc(CNc2cccc3c2c(=O)c2cccc([N+](=O)[O-])c2n3CCCN(C)C)cc1. The molecule has 0 spiro atoms. The van der Waals surface area contributed by atoms with Gasteiger partial charge in [-0.25, -0.2) is 0 Å². The number of nitro groups is 1. The zero-order chi connectivity index (χ0) is 24.2. The largest absolute Gasteiger partial charge is 0.497 e. The summed E-state index contributed by atoms with van der Waals surface area (Å²) in [4.78, 5) is 27.1. The smallest absolute Gasteiger partial charge is 0.293 e. The highest BCUT2D eigenvalue weighted by atomic mass is 16.6. The molecule has 8 nitrogen and oxygen atoms in total. The number of ether oxygens (including phenoxy) is 1. The first-order chi connectivity index (χ1) is 16.4. The maximum Gasteiger partial charge on any atom is 0.293 e.